The fourth-order valence-electron chi connectivity index (χ4n) is 7.36. The van der Waals surface area contributed by atoms with E-state index in [1.54, 1.807) is 0 Å². The molecule has 4 fully saturated rings. The second-order valence-corrected chi connectivity index (χ2v) is 10.1. The van der Waals surface area contributed by atoms with Crippen LogP contribution >= 0.6 is 0 Å². The van der Waals surface area contributed by atoms with Crippen molar-refractivity contribution >= 4 is 0 Å². The lowest BCUT2D eigenvalue weighted by atomic mass is 9.82. The van der Waals surface area contributed by atoms with E-state index in [4.69, 9.17) is 4.74 Å². The predicted octanol–water partition coefficient (Wildman–Crippen LogP) is 5.43. The van der Waals surface area contributed by atoms with Crippen LogP contribution in [-0.4, -0.2) is 11.2 Å². The van der Waals surface area contributed by atoms with Gasteiger partial charge in [-0.05, 0) is 76.0 Å². The van der Waals surface area contributed by atoms with Crippen LogP contribution in [0.25, 0.3) is 0 Å². The maximum atomic E-state index is 7.18. The minimum absolute atomic E-state index is 0.139. The first-order valence-corrected chi connectivity index (χ1v) is 9.37. The largest absolute Gasteiger partial charge is 0.368 e. The minimum atomic E-state index is 0.139. The monoisotopic (exact) mass is 290 g/mol. The van der Waals surface area contributed by atoms with Crippen LogP contribution in [0.4, 0.5) is 0 Å². The summed E-state index contributed by atoms with van der Waals surface area (Å²) in [5, 5.41) is 0. The van der Waals surface area contributed by atoms with E-state index >= 15 is 0 Å². The Labute approximate surface area is 131 Å². The first-order valence-electron chi connectivity index (χ1n) is 9.37. The topological polar surface area (TPSA) is 9.23 Å². The summed E-state index contributed by atoms with van der Waals surface area (Å²) in [6.07, 6.45) is 8.18. The quantitative estimate of drug-likeness (QED) is 0.658. The van der Waals surface area contributed by atoms with Gasteiger partial charge in [-0.2, -0.15) is 0 Å². The van der Waals surface area contributed by atoms with Gasteiger partial charge in [0.25, 0.3) is 0 Å². The molecule has 21 heavy (non-hydrogen) atoms. The van der Waals surface area contributed by atoms with Gasteiger partial charge in [-0.1, -0.05) is 27.7 Å². The fraction of sp³-hybridized carbons (Fsp3) is 1.00. The molecule has 4 aliphatic rings. The number of hydrogen-bond acceptors (Lipinski definition) is 1. The van der Waals surface area contributed by atoms with Gasteiger partial charge in [0.15, 0.2) is 0 Å². The van der Waals surface area contributed by atoms with Crippen LogP contribution in [-0.2, 0) is 4.74 Å². The SMILES string of the molecule is CC1CC(C)(OC2(C)CC(C)CC23CC3C)C2(C1)CC2C. The summed E-state index contributed by atoms with van der Waals surface area (Å²) in [4.78, 5) is 0. The second-order valence-electron chi connectivity index (χ2n) is 10.1. The van der Waals surface area contributed by atoms with Gasteiger partial charge in [-0.15, -0.1) is 0 Å². The van der Waals surface area contributed by atoms with E-state index in [2.05, 4.69) is 41.5 Å². The summed E-state index contributed by atoms with van der Waals surface area (Å²) < 4.78 is 7.18. The summed E-state index contributed by atoms with van der Waals surface area (Å²) in [7, 11) is 0. The van der Waals surface area contributed by atoms with E-state index in [0.29, 0.717) is 10.8 Å². The molecule has 2 spiro atoms. The van der Waals surface area contributed by atoms with Crippen molar-refractivity contribution in [2.45, 2.75) is 91.3 Å². The van der Waals surface area contributed by atoms with E-state index in [-0.39, 0.29) is 11.2 Å². The molecule has 120 valence electrons. The maximum Gasteiger partial charge on any atom is 0.0723 e. The van der Waals surface area contributed by atoms with Crippen LogP contribution in [0.2, 0.25) is 0 Å². The van der Waals surface area contributed by atoms with Crippen LogP contribution in [0.15, 0.2) is 0 Å². The first-order chi connectivity index (χ1) is 9.66. The predicted molar refractivity (Wildman–Crippen MR) is 87.1 cm³/mol. The molecule has 0 bridgehead atoms. The zero-order valence-electron chi connectivity index (χ0n) is 15.0. The molecular weight excluding hydrogens is 256 g/mol. The van der Waals surface area contributed by atoms with Crippen molar-refractivity contribution in [3.63, 3.8) is 0 Å². The van der Waals surface area contributed by atoms with E-state index in [0.717, 1.165) is 23.7 Å². The Bertz CT molecular complexity index is 430. The molecule has 8 atom stereocenters. The molecule has 0 aromatic heterocycles. The number of rotatable bonds is 2. The van der Waals surface area contributed by atoms with Crippen molar-refractivity contribution in [1.29, 1.82) is 0 Å². The molecule has 0 saturated heterocycles. The average Bonchev–Trinajstić information content (AvgIpc) is 3.10. The smallest absolute Gasteiger partial charge is 0.0723 e. The van der Waals surface area contributed by atoms with Crippen LogP contribution in [0.3, 0.4) is 0 Å². The highest BCUT2D eigenvalue weighted by atomic mass is 16.5. The fourth-order valence-corrected chi connectivity index (χ4v) is 7.36. The Hall–Kier alpha value is -0.0400. The zero-order chi connectivity index (χ0) is 15.3. The lowest BCUT2D eigenvalue weighted by molar-refractivity contribution is -0.190. The third-order valence-electron chi connectivity index (χ3n) is 8.37. The highest BCUT2D eigenvalue weighted by molar-refractivity contribution is 5.21. The van der Waals surface area contributed by atoms with Gasteiger partial charge >= 0.3 is 0 Å². The normalized spacial score (nSPS) is 65.4. The Kier molecular flexibility index (Phi) is 2.69. The van der Waals surface area contributed by atoms with Gasteiger partial charge in [-0.25, -0.2) is 0 Å². The van der Waals surface area contributed by atoms with Gasteiger partial charge in [0.2, 0.25) is 0 Å². The van der Waals surface area contributed by atoms with Crippen LogP contribution in [0.1, 0.15) is 80.1 Å². The van der Waals surface area contributed by atoms with Crippen molar-refractivity contribution in [2.75, 3.05) is 0 Å². The van der Waals surface area contributed by atoms with E-state index in [1.165, 1.54) is 38.5 Å². The summed E-state index contributed by atoms with van der Waals surface area (Å²) >= 11 is 0. The van der Waals surface area contributed by atoms with Crippen LogP contribution in [0.5, 0.6) is 0 Å². The zero-order valence-corrected chi connectivity index (χ0v) is 15.0. The van der Waals surface area contributed by atoms with Crippen molar-refractivity contribution in [1.82, 2.24) is 0 Å². The van der Waals surface area contributed by atoms with Crippen molar-refractivity contribution in [3.05, 3.63) is 0 Å². The third kappa shape index (κ3) is 1.68. The highest BCUT2D eigenvalue weighted by Gasteiger charge is 2.73. The molecule has 0 aliphatic heterocycles. The van der Waals surface area contributed by atoms with E-state index < -0.39 is 0 Å². The average molecular weight is 290 g/mol. The molecule has 4 rings (SSSR count). The summed E-state index contributed by atoms with van der Waals surface area (Å²) in [6, 6.07) is 0. The molecule has 1 nitrogen and oxygen atoms in total. The molecule has 0 radical (unpaired) electrons. The van der Waals surface area contributed by atoms with Crippen LogP contribution < -0.4 is 0 Å². The molecular formula is C20H34O. The van der Waals surface area contributed by atoms with Crippen molar-refractivity contribution in [2.24, 2.45) is 34.5 Å². The lowest BCUT2D eigenvalue weighted by Gasteiger charge is -2.44. The van der Waals surface area contributed by atoms with E-state index in [1.807, 2.05) is 0 Å². The van der Waals surface area contributed by atoms with Crippen molar-refractivity contribution in [3.8, 4) is 0 Å². The Morgan fingerprint density at radius 2 is 0.952 bits per heavy atom. The molecule has 8 unspecified atom stereocenters. The van der Waals surface area contributed by atoms with Crippen LogP contribution in [0, 0.1) is 34.5 Å². The molecule has 0 aromatic carbocycles. The minimum Gasteiger partial charge on any atom is -0.368 e. The lowest BCUT2D eigenvalue weighted by Crippen LogP contribution is -2.48. The molecule has 0 N–H and O–H groups in total. The second kappa shape index (κ2) is 3.89. The van der Waals surface area contributed by atoms with Gasteiger partial charge in [-0.3, -0.25) is 0 Å². The van der Waals surface area contributed by atoms with Crippen molar-refractivity contribution < 1.29 is 4.74 Å². The van der Waals surface area contributed by atoms with Gasteiger partial charge < -0.3 is 4.74 Å². The number of ether oxygens (including phenoxy) is 1. The Balaban J connectivity index is 1.63. The van der Waals surface area contributed by atoms with Gasteiger partial charge in [0.1, 0.15) is 0 Å². The first kappa shape index (κ1) is 14.5. The molecule has 4 aliphatic carbocycles. The highest BCUT2D eigenvalue weighted by Crippen LogP contribution is 2.75. The number of hydrogen-bond donors (Lipinski definition) is 0. The summed E-state index contributed by atoms with van der Waals surface area (Å²) in [6.45, 7) is 14.7. The van der Waals surface area contributed by atoms with Gasteiger partial charge in [0, 0.05) is 10.8 Å². The Morgan fingerprint density at radius 3 is 1.24 bits per heavy atom. The standard InChI is InChI=1S/C20H34O/c1-13-7-17(5,19(9-13)11-15(19)3)21-18(6)8-14(2)10-20(18)12-16(20)4/h13-16H,7-12H2,1-6H3. The Morgan fingerprint density at radius 1 is 0.619 bits per heavy atom. The van der Waals surface area contributed by atoms with Gasteiger partial charge in [0.05, 0.1) is 11.2 Å². The van der Waals surface area contributed by atoms with E-state index in [9.17, 15) is 0 Å². The summed E-state index contributed by atoms with van der Waals surface area (Å²) in [5.41, 5.74) is 1.31. The molecule has 0 aromatic rings. The molecule has 0 amide bonds. The molecule has 1 heteroatoms. The maximum absolute atomic E-state index is 7.18. The molecule has 4 saturated carbocycles. The third-order valence-corrected chi connectivity index (χ3v) is 8.37. The summed E-state index contributed by atoms with van der Waals surface area (Å²) in [5.74, 6) is 3.44. The molecule has 0 heterocycles.